The number of hydrogen-bond acceptors (Lipinski definition) is 5. The Bertz CT molecular complexity index is 1500. The van der Waals surface area contributed by atoms with E-state index in [4.69, 9.17) is 0 Å². The topological polar surface area (TPSA) is 86.2 Å². The minimum atomic E-state index is -0.441. The SMILES string of the molecule is Cn1c(=O)c2c(nc(NN=CC(Br)=Cc3ccccc3)n2Cc2cccc(Br)c2)n(C)c1=O. The van der Waals surface area contributed by atoms with Crippen LogP contribution in [-0.2, 0) is 20.6 Å². The van der Waals surface area contributed by atoms with Gasteiger partial charge in [-0.25, -0.2) is 10.2 Å². The van der Waals surface area contributed by atoms with Crippen molar-refractivity contribution in [1.29, 1.82) is 0 Å². The third kappa shape index (κ3) is 4.91. The fourth-order valence-electron chi connectivity index (χ4n) is 3.40. The zero-order valence-corrected chi connectivity index (χ0v) is 21.0. The van der Waals surface area contributed by atoms with Gasteiger partial charge >= 0.3 is 5.69 Å². The highest BCUT2D eigenvalue weighted by molar-refractivity contribution is 9.12. The van der Waals surface area contributed by atoms with E-state index in [1.54, 1.807) is 17.8 Å². The van der Waals surface area contributed by atoms with Crippen LogP contribution in [0.3, 0.4) is 0 Å². The van der Waals surface area contributed by atoms with Crippen LogP contribution in [0.4, 0.5) is 5.95 Å². The van der Waals surface area contributed by atoms with Gasteiger partial charge in [-0.1, -0.05) is 58.4 Å². The summed E-state index contributed by atoms with van der Waals surface area (Å²) in [5, 5.41) is 4.28. The van der Waals surface area contributed by atoms with E-state index in [2.05, 4.69) is 47.4 Å². The number of nitrogens with one attached hydrogen (secondary N) is 1. The monoisotopic (exact) mass is 570 g/mol. The maximum absolute atomic E-state index is 13.0. The number of rotatable bonds is 6. The Morgan fingerprint density at radius 2 is 1.85 bits per heavy atom. The highest BCUT2D eigenvalue weighted by Gasteiger charge is 2.19. The van der Waals surface area contributed by atoms with Crippen LogP contribution in [0, 0.1) is 0 Å². The van der Waals surface area contributed by atoms with Crippen molar-refractivity contribution in [3.63, 3.8) is 0 Å². The Morgan fingerprint density at radius 1 is 1.09 bits per heavy atom. The van der Waals surface area contributed by atoms with Crippen molar-refractivity contribution in [1.82, 2.24) is 18.7 Å². The van der Waals surface area contributed by atoms with Crippen molar-refractivity contribution in [3.8, 4) is 0 Å². The van der Waals surface area contributed by atoms with Gasteiger partial charge in [-0.05, 0) is 45.3 Å². The summed E-state index contributed by atoms with van der Waals surface area (Å²) >= 11 is 6.97. The number of aryl methyl sites for hydroxylation is 1. The van der Waals surface area contributed by atoms with Crippen molar-refractivity contribution >= 4 is 61.3 Å². The molecule has 1 N–H and O–H groups in total. The van der Waals surface area contributed by atoms with E-state index in [9.17, 15) is 9.59 Å². The number of allylic oxidation sites excluding steroid dienone is 1. The van der Waals surface area contributed by atoms with Crippen molar-refractivity contribution < 1.29 is 0 Å². The molecule has 0 spiro atoms. The van der Waals surface area contributed by atoms with Gasteiger partial charge in [-0.15, -0.1) is 0 Å². The summed E-state index contributed by atoms with van der Waals surface area (Å²) in [5.74, 6) is 0.347. The van der Waals surface area contributed by atoms with Crippen molar-refractivity contribution in [2.75, 3.05) is 5.43 Å². The highest BCUT2D eigenvalue weighted by atomic mass is 79.9. The Morgan fingerprint density at radius 3 is 2.58 bits per heavy atom. The molecule has 4 aromatic rings. The van der Waals surface area contributed by atoms with E-state index in [1.807, 2.05) is 60.7 Å². The Kier molecular flexibility index (Phi) is 6.75. The maximum Gasteiger partial charge on any atom is 0.332 e. The molecule has 0 saturated heterocycles. The number of hydrazone groups is 1. The lowest BCUT2D eigenvalue weighted by atomic mass is 10.2. The molecule has 0 fully saturated rings. The third-order valence-electron chi connectivity index (χ3n) is 5.03. The number of benzene rings is 2. The van der Waals surface area contributed by atoms with Crippen LogP contribution in [0.1, 0.15) is 11.1 Å². The van der Waals surface area contributed by atoms with Crippen molar-refractivity contribution in [2.24, 2.45) is 19.2 Å². The molecule has 0 unspecified atom stereocenters. The summed E-state index contributed by atoms with van der Waals surface area (Å²) in [7, 11) is 3.05. The lowest BCUT2D eigenvalue weighted by molar-refractivity contribution is 0.702. The molecule has 8 nitrogen and oxygen atoms in total. The van der Waals surface area contributed by atoms with Gasteiger partial charge < -0.3 is 0 Å². The molecule has 2 aromatic heterocycles. The lowest BCUT2D eigenvalue weighted by Gasteiger charge is -2.09. The number of nitrogens with zero attached hydrogens (tertiary/aromatic N) is 5. The normalized spacial score (nSPS) is 12.1. The molecule has 0 radical (unpaired) electrons. The quantitative estimate of drug-likeness (QED) is 0.279. The second-order valence-corrected chi connectivity index (χ2v) is 9.17. The number of halogens is 2. The van der Waals surface area contributed by atoms with Crippen LogP contribution in [0.2, 0.25) is 0 Å². The molecule has 33 heavy (non-hydrogen) atoms. The molecule has 0 amide bonds. The molecule has 0 atom stereocenters. The first-order chi connectivity index (χ1) is 15.8. The highest BCUT2D eigenvalue weighted by Crippen LogP contribution is 2.20. The molecule has 2 heterocycles. The minimum Gasteiger partial charge on any atom is -0.298 e. The summed E-state index contributed by atoms with van der Waals surface area (Å²) in [6, 6.07) is 17.6. The van der Waals surface area contributed by atoms with Gasteiger partial charge in [-0.2, -0.15) is 10.1 Å². The first-order valence-corrected chi connectivity index (χ1v) is 11.6. The van der Waals surface area contributed by atoms with Crippen LogP contribution < -0.4 is 16.7 Å². The van der Waals surface area contributed by atoms with Crippen molar-refractivity contribution in [3.05, 3.63) is 95.5 Å². The third-order valence-corrected chi connectivity index (χ3v) is 5.96. The van der Waals surface area contributed by atoms with Crippen LogP contribution in [-0.4, -0.2) is 24.9 Å². The van der Waals surface area contributed by atoms with Crippen LogP contribution in [0.25, 0.3) is 17.2 Å². The second kappa shape index (κ2) is 9.72. The molecule has 0 aliphatic heterocycles. The number of hydrogen-bond donors (Lipinski definition) is 1. The van der Waals surface area contributed by atoms with E-state index in [-0.39, 0.29) is 5.65 Å². The number of imidazole rings is 1. The molecule has 0 aliphatic rings. The summed E-state index contributed by atoms with van der Waals surface area (Å²) in [5.41, 5.74) is 4.64. The molecule has 10 heteroatoms. The predicted molar refractivity (Wildman–Crippen MR) is 139 cm³/mol. The smallest absolute Gasteiger partial charge is 0.298 e. The van der Waals surface area contributed by atoms with Gasteiger partial charge in [0.2, 0.25) is 5.95 Å². The largest absolute Gasteiger partial charge is 0.332 e. The van der Waals surface area contributed by atoms with Gasteiger partial charge in [0.1, 0.15) is 0 Å². The van der Waals surface area contributed by atoms with Gasteiger partial charge in [-0.3, -0.25) is 18.5 Å². The average Bonchev–Trinajstić information content (AvgIpc) is 3.15. The van der Waals surface area contributed by atoms with Crippen LogP contribution in [0.5, 0.6) is 0 Å². The minimum absolute atomic E-state index is 0.287. The Balaban J connectivity index is 1.76. The Labute approximate surface area is 206 Å². The average molecular weight is 572 g/mol. The van der Waals surface area contributed by atoms with Gasteiger partial charge in [0.25, 0.3) is 5.56 Å². The summed E-state index contributed by atoms with van der Waals surface area (Å²) in [6.45, 7) is 0.363. The van der Waals surface area contributed by atoms with Gasteiger partial charge in [0.15, 0.2) is 11.2 Å². The number of fused-ring (bicyclic) bond motifs is 1. The maximum atomic E-state index is 13.0. The molecule has 4 rings (SSSR count). The van der Waals surface area contributed by atoms with Crippen LogP contribution >= 0.6 is 31.9 Å². The lowest BCUT2D eigenvalue weighted by Crippen LogP contribution is -2.37. The zero-order valence-electron chi connectivity index (χ0n) is 17.9. The second-order valence-electron chi connectivity index (χ2n) is 7.34. The van der Waals surface area contributed by atoms with E-state index >= 15 is 0 Å². The van der Waals surface area contributed by atoms with Gasteiger partial charge in [0.05, 0.1) is 12.8 Å². The first-order valence-electron chi connectivity index (χ1n) is 9.97. The molecule has 0 aliphatic carbocycles. The molecular weight excluding hydrogens is 552 g/mol. The molecular formula is C23H20Br2N6O2. The molecule has 2 aromatic carbocycles. The number of anilines is 1. The molecule has 0 bridgehead atoms. The van der Waals surface area contributed by atoms with Crippen LogP contribution in [0.15, 0.2) is 78.2 Å². The van der Waals surface area contributed by atoms with Gasteiger partial charge in [0, 0.05) is 23.1 Å². The van der Waals surface area contributed by atoms with E-state index in [0.29, 0.717) is 18.0 Å². The summed E-state index contributed by atoms with van der Waals surface area (Å²) in [6.07, 6.45) is 3.53. The fourth-order valence-corrected chi connectivity index (χ4v) is 4.21. The number of aromatic nitrogens is 4. The molecule has 168 valence electrons. The van der Waals surface area contributed by atoms with E-state index in [1.165, 1.54) is 11.6 Å². The summed E-state index contributed by atoms with van der Waals surface area (Å²) < 4.78 is 5.83. The van der Waals surface area contributed by atoms with Crippen molar-refractivity contribution in [2.45, 2.75) is 6.54 Å². The first kappa shape index (κ1) is 22.9. The predicted octanol–water partition coefficient (Wildman–Crippen LogP) is 4.08. The standard InChI is InChI=1S/C23H20Br2N6O2/c1-29-20-19(21(32)30(2)23(29)33)31(14-16-9-6-10-17(24)12-16)22(27-20)28-26-13-18(25)11-15-7-4-3-5-8-15/h3-13H,14H2,1-2H3,(H,27,28). The zero-order chi connectivity index (χ0) is 23.5. The fraction of sp³-hybridized carbons (Fsp3) is 0.130. The summed E-state index contributed by atoms with van der Waals surface area (Å²) in [4.78, 5) is 29.9. The van der Waals surface area contributed by atoms with E-state index in [0.717, 1.165) is 24.6 Å². The van der Waals surface area contributed by atoms with E-state index < -0.39 is 11.2 Å². The Hall–Kier alpha value is -3.24. The molecule has 0 saturated carbocycles.